The van der Waals surface area contributed by atoms with E-state index in [1.807, 2.05) is 39.8 Å². The van der Waals surface area contributed by atoms with Gasteiger partial charge in [-0.3, -0.25) is 0 Å². The summed E-state index contributed by atoms with van der Waals surface area (Å²) in [6.07, 6.45) is 3.24. The lowest BCUT2D eigenvalue weighted by molar-refractivity contribution is 0.0216. The Bertz CT molecular complexity index is 1220. The lowest BCUT2D eigenvalue weighted by Gasteiger charge is -2.26. The highest BCUT2D eigenvalue weighted by Gasteiger charge is 2.23. The number of aryl methyl sites for hydroxylation is 2. The molecule has 34 heavy (non-hydrogen) atoms. The van der Waals surface area contributed by atoms with Crippen molar-refractivity contribution >= 4 is 21.1 Å². The van der Waals surface area contributed by atoms with E-state index in [4.69, 9.17) is 13.3 Å². The first-order chi connectivity index (χ1) is 15.9. The fourth-order valence-electron chi connectivity index (χ4n) is 3.81. The number of ether oxygens (including phenoxy) is 1. The highest BCUT2D eigenvalue weighted by molar-refractivity contribution is 7.86. The summed E-state index contributed by atoms with van der Waals surface area (Å²) in [7, 11) is -3.57. The number of aliphatic hydroxyl groups is 1. The summed E-state index contributed by atoms with van der Waals surface area (Å²) in [5.41, 5.74) is 2.76. The Morgan fingerprint density at radius 2 is 1.82 bits per heavy atom. The molecule has 0 radical (unpaired) electrons. The summed E-state index contributed by atoms with van der Waals surface area (Å²) in [5, 5.41) is 11.0. The largest absolute Gasteiger partial charge is 0.491 e. The molecule has 0 aliphatic rings. The van der Waals surface area contributed by atoms with Crippen molar-refractivity contribution in [2.75, 3.05) is 12.9 Å². The van der Waals surface area contributed by atoms with Crippen LogP contribution in [0.1, 0.15) is 63.3 Å². The van der Waals surface area contributed by atoms with Crippen LogP contribution in [0.2, 0.25) is 0 Å². The minimum absolute atomic E-state index is 0.220. The molecular weight excluding hydrogens is 452 g/mol. The highest BCUT2D eigenvalue weighted by Crippen LogP contribution is 2.33. The molecule has 6 nitrogen and oxygen atoms in total. The highest BCUT2D eigenvalue weighted by atomic mass is 32.2. The molecule has 1 heterocycles. The maximum Gasteiger partial charge on any atom is 0.306 e. The fraction of sp³-hybridized carbons (Fsp3) is 0.481. The zero-order chi connectivity index (χ0) is 25.1. The molecule has 2 atom stereocenters. The maximum absolute atomic E-state index is 11.4. The number of fused-ring (bicyclic) bond motifs is 1. The standard InChI is InChI=1S/C27H36O6S/c1-7-20(25-16-21-15-22(33-34(6,29)30)11-13-24(21)32-25)10-8-19-9-12-23(18(2)14-19)31-17-26(28)27(3,4)5/h9,11-16,20,26,28H,7-8,10,17H2,1-6H3. The Hall–Kier alpha value is -2.51. The van der Waals surface area contributed by atoms with Crippen molar-refractivity contribution in [2.24, 2.45) is 5.41 Å². The number of aliphatic hydroxyl groups excluding tert-OH is 1. The van der Waals surface area contributed by atoms with Crippen LogP contribution in [0.4, 0.5) is 0 Å². The molecule has 3 rings (SSSR count). The smallest absolute Gasteiger partial charge is 0.306 e. The Morgan fingerprint density at radius 3 is 2.44 bits per heavy atom. The third-order valence-electron chi connectivity index (χ3n) is 6.07. The van der Waals surface area contributed by atoms with Crippen molar-refractivity contribution in [3.8, 4) is 11.5 Å². The average Bonchev–Trinajstić information content (AvgIpc) is 3.14. The number of hydrogen-bond donors (Lipinski definition) is 1. The number of rotatable bonds is 10. The summed E-state index contributed by atoms with van der Waals surface area (Å²) >= 11 is 0. The van der Waals surface area contributed by atoms with Crippen LogP contribution in [0.3, 0.4) is 0 Å². The quantitative estimate of drug-likeness (QED) is 0.353. The summed E-state index contributed by atoms with van der Waals surface area (Å²) in [4.78, 5) is 0. The lowest BCUT2D eigenvalue weighted by atomic mass is 9.90. The number of benzene rings is 2. The second-order valence-electron chi connectivity index (χ2n) is 10.1. The molecule has 2 unspecified atom stereocenters. The molecule has 0 spiro atoms. The van der Waals surface area contributed by atoms with E-state index in [1.165, 1.54) is 5.56 Å². The summed E-state index contributed by atoms with van der Waals surface area (Å²) in [5.74, 6) is 2.21. The lowest BCUT2D eigenvalue weighted by Crippen LogP contribution is -2.32. The first-order valence-corrected chi connectivity index (χ1v) is 13.5. The van der Waals surface area contributed by atoms with Gasteiger partial charge in [-0.15, -0.1) is 0 Å². The van der Waals surface area contributed by atoms with Crippen LogP contribution in [0.15, 0.2) is 46.9 Å². The van der Waals surface area contributed by atoms with Gasteiger partial charge in [0.2, 0.25) is 0 Å². The Balaban J connectivity index is 1.65. The van der Waals surface area contributed by atoms with Crippen molar-refractivity contribution in [3.63, 3.8) is 0 Å². The first kappa shape index (κ1) is 26.1. The van der Waals surface area contributed by atoms with Crippen LogP contribution >= 0.6 is 0 Å². The third kappa shape index (κ3) is 7.00. The Morgan fingerprint density at radius 1 is 1.09 bits per heavy atom. The van der Waals surface area contributed by atoms with Crippen LogP contribution in [0.5, 0.6) is 11.5 Å². The van der Waals surface area contributed by atoms with Crippen LogP contribution in [-0.4, -0.2) is 32.5 Å². The summed E-state index contributed by atoms with van der Waals surface area (Å²) in [6.45, 7) is 10.4. The third-order valence-corrected chi connectivity index (χ3v) is 6.56. The van der Waals surface area contributed by atoms with Gasteiger partial charge < -0.3 is 18.4 Å². The molecule has 7 heteroatoms. The second-order valence-corrected chi connectivity index (χ2v) is 11.6. The SMILES string of the molecule is CCC(CCc1ccc(OCC(O)C(C)(C)C)c(C)c1)c1cc2cc(OS(C)(=O)=O)ccc2o1. The maximum atomic E-state index is 11.4. The van der Waals surface area contributed by atoms with Gasteiger partial charge in [-0.25, -0.2) is 0 Å². The first-order valence-electron chi connectivity index (χ1n) is 11.7. The Kier molecular flexibility index (Phi) is 7.98. The molecule has 0 aliphatic heterocycles. The van der Waals surface area contributed by atoms with E-state index in [1.54, 1.807) is 18.2 Å². The van der Waals surface area contributed by atoms with Gasteiger partial charge in [0.1, 0.15) is 29.4 Å². The van der Waals surface area contributed by atoms with Gasteiger partial charge in [-0.2, -0.15) is 8.42 Å². The van der Waals surface area contributed by atoms with Gasteiger partial charge in [0.15, 0.2) is 0 Å². The van der Waals surface area contributed by atoms with E-state index < -0.39 is 16.2 Å². The predicted octanol–water partition coefficient (Wildman–Crippen LogP) is 5.99. The monoisotopic (exact) mass is 488 g/mol. The molecule has 0 amide bonds. The second kappa shape index (κ2) is 10.4. The molecule has 1 N–H and O–H groups in total. The summed E-state index contributed by atoms with van der Waals surface area (Å²) < 4.78 is 39.7. The van der Waals surface area contributed by atoms with Crippen LogP contribution in [-0.2, 0) is 16.5 Å². The summed E-state index contributed by atoms with van der Waals surface area (Å²) in [6, 6.07) is 13.2. The van der Waals surface area contributed by atoms with Gasteiger partial charge in [0, 0.05) is 11.3 Å². The molecule has 0 aliphatic carbocycles. The molecule has 0 saturated carbocycles. The van der Waals surface area contributed by atoms with Crippen molar-refractivity contribution in [1.82, 2.24) is 0 Å². The van der Waals surface area contributed by atoms with Gasteiger partial charge in [0.25, 0.3) is 0 Å². The van der Waals surface area contributed by atoms with Crippen LogP contribution in [0, 0.1) is 12.3 Å². The zero-order valence-corrected chi connectivity index (χ0v) is 21.7. The van der Waals surface area contributed by atoms with Crippen molar-refractivity contribution in [3.05, 3.63) is 59.4 Å². The van der Waals surface area contributed by atoms with E-state index in [0.29, 0.717) is 5.58 Å². The van der Waals surface area contributed by atoms with Gasteiger partial charge in [-0.1, -0.05) is 39.8 Å². The van der Waals surface area contributed by atoms with Gasteiger partial charge >= 0.3 is 10.1 Å². The topological polar surface area (TPSA) is 86.0 Å². The molecule has 2 aromatic carbocycles. The van der Waals surface area contributed by atoms with Crippen molar-refractivity contribution < 1.29 is 26.9 Å². The van der Waals surface area contributed by atoms with Crippen LogP contribution < -0.4 is 8.92 Å². The normalized spacial score (nSPS) is 14.2. The molecule has 186 valence electrons. The molecule has 1 aromatic heterocycles. The molecule has 3 aromatic rings. The number of furan rings is 1. The van der Waals surface area contributed by atoms with E-state index >= 15 is 0 Å². The molecule has 0 bridgehead atoms. The zero-order valence-electron chi connectivity index (χ0n) is 20.9. The van der Waals surface area contributed by atoms with Crippen molar-refractivity contribution in [1.29, 1.82) is 0 Å². The van der Waals surface area contributed by atoms with E-state index in [-0.39, 0.29) is 23.7 Å². The number of hydrogen-bond acceptors (Lipinski definition) is 6. The van der Waals surface area contributed by atoms with E-state index in [2.05, 4.69) is 19.1 Å². The van der Waals surface area contributed by atoms with Gasteiger partial charge in [0.05, 0.1) is 12.4 Å². The minimum atomic E-state index is -3.57. The Labute approximate surface area is 203 Å². The minimum Gasteiger partial charge on any atom is -0.491 e. The van der Waals surface area contributed by atoms with Gasteiger partial charge in [-0.05, 0) is 73.1 Å². The predicted molar refractivity (Wildman–Crippen MR) is 135 cm³/mol. The molecule has 0 fully saturated rings. The van der Waals surface area contributed by atoms with Crippen molar-refractivity contribution in [2.45, 2.75) is 65.9 Å². The molecular formula is C27H36O6S. The van der Waals surface area contributed by atoms with E-state index in [9.17, 15) is 13.5 Å². The molecule has 0 saturated heterocycles. The van der Waals surface area contributed by atoms with E-state index in [0.717, 1.165) is 48.0 Å². The average molecular weight is 489 g/mol. The fourth-order valence-corrected chi connectivity index (χ4v) is 4.26. The van der Waals surface area contributed by atoms with Crippen LogP contribution in [0.25, 0.3) is 11.0 Å².